The second-order valence-electron chi connectivity index (χ2n) is 9.80. The normalized spacial score (nSPS) is 20.4. The fourth-order valence-corrected chi connectivity index (χ4v) is 5.28. The third kappa shape index (κ3) is 6.42. The molecule has 2 N–H and O–H groups in total. The van der Waals surface area contributed by atoms with Crippen LogP contribution in [0.15, 0.2) is 30.5 Å². The SMILES string of the molecule is CC[C@H]1CN(c2cnc(C(=O)OC(C)C)c(N)n2)CCN1C1CCN(Cc2ccc(Cl)cc2)CC1. The molecule has 0 radical (unpaired) electrons. The molecule has 35 heavy (non-hydrogen) atoms. The fourth-order valence-electron chi connectivity index (χ4n) is 5.15. The number of benzene rings is 1. The lowest BCUT2D eigenvalue weighted by Gasteiger charge is -2.47. The highest BCUT2D eigenvalue weighted by molar-refractivity contribution is 6.30. The number of ether oxygens (including phenoxy) is 1. The van der Waals surface area contributed by atoms with E-state index in [1.165, 1.54) is 18.4 Å². The van der Waals surface area contributed by atoms with Gasteiger partial charge in [-0.05, 0) is 63.9 Å². The fraction of sp³-hybridized carbons (Fsp3) is 0.577. The van der Waals surface area contributed by atoms with E-state index in [0.717, 1.165) is 56.5 Å². The topological polar surface area (TPSA) is 87.8 Å². The Morgan fingerprint density at radius 2 is 1.89 bits per heavy atom. The van der Waals surface area contributed by atoms with Gasteiger partial charge in [-0.15, -0.1) is 0 Å². The Morgan fingerprint density at radius 1 is 1.17 bits per heavy atom. The van der Waals surface area contributed by atoms with E-state index in [2.05, 4.69) is 43.7 Å². The first-order valence-corrected chi connectivity index (χ1v) is 13.0. The molecule has 2 aliphatic heterocycles. The van der Waals surface area contributed by atoms with Crippen molar-refractivity contribution in [2.24, 2.45) is 0 Å². The van der Waals surface area contributed by atoms with Gasteiger partial charge in [-0.1, -0.05) is 30.7 Å². The molecule has 190 valence electrons. The molecule has 1 aromatic carbocycles. The summed E-state index contributed by atoms with van der Waals surface area (Å²) in [4.78, 5) is 28.4. The van der Waals surface area contributed by atoms with Gasteiger partial charge in [0, 0.05) is 43.3 Å². The number of likely N-dealkylation sites (tertiary alicyclic amines) is 1. The van der Waals surface area contributed by atoms with E-state index in [9.17, 15) is 4.79 Å². The Balaban J connectivity index is 1.33. The van der Waals surface area contributed by atoms with E-state index < -0.39 is 5.97 Å². The van der Waals surface area contributed by atoms with E-state index in [1.807, 2.05) is 12.1 Å². The van der Waals surface area contributed by atoms with Crippen molar-refractivity contribution in [2.45, 2.75) is 64.8 Å². The summed E-state index contributed by atoms with van der Waals surface area (Å²) in [5, 5.41) is 0.787. The minimum atomic E-state index is -0.532. The molecule has 0 spiro atoms. The molecule has 0 saturated carbocycles. The molecule has 0 unspecified atom stereocenters. The van der Waals surface area contributed by atoms with Crippen LogP contribution >= 0.6 is 11.6 Å². The zero-order valence-corrected chi connectivity index (χ0v) is 21.7. The zero-order valence-electron chi connectivity index (χ0n) is 21.0. The van der Waals surface area contributed by atoms with Crippen LogP contribution in [0, 0.1) is 0 Å². The van der Waals surface area contributed by atoms with E-state index in [4.69, 9.17) is 22.1 Å². The molecule has 0 amide bonds. The van der Waals surface area contributed by atoms with Crippen molar-refractivity contribution in [3.8, 4) is 0 Å². The Labute approximate surface area is 213 Å². The summed E-state index contributed by atoms with van der Waals surface area (Å²) in [5.41, 5.74) is 7.47. The number of nitrogens with two attached hydrogens (primary N) is 1. The second kappa shape index (κ2) is 11.5. The van der Waals surface area contributed by atoms with Gasteiger partial charge in [-0.2, -0.15) is 0 Å². The van der Waals surface area contributed by atoms with Gasteiger partial charge >= 0.3 is 5.97 Å². The maximum atomic E-state index is 12.2. The molecule has 2 saturated heterocycles. The summed E-state index contributed by atoms with van der Waals surface area (Å²) in [7, 11) is 0. The number of piperidine rings is 1. The van der Waals surface area contributed by atoms with Crippen LogP contribution in [0.1, 0.15) is 56.1 Å². The monoisotopic (exact) mass is 500 g/mol. The Bertz CT molecular complexity index is 994. The number of carbonyl (C=O) groups excluding carboxylic acids is 1. The number of nitrogen functional groups attached to an aromatic ring is 1. The summed E-state index contributed by atoms with van der Waals surface area (Å²) in [5.74, 6) is 0.311. The van der Waals surface area contributed by atoms with Gasteiger partial charge in [0.15, 0.2) is 11.5 Å². The minimum absolute atomic E-state index is 0.0819. The lowest BCUT2D eigenvalue weighted by atomic mass is 9.98. The number of rotatable bonds is 7. The Hall–Kier alpha value is -2.42. The number of hydrogen-bond donors (Lipinski definition) is 1. The highest BCUT2D eigenvalue weighted by Gasteiger charge is 2.33. The average molecular weight is 501 g/mol. The molecule has 8 nitrogen and oxygen atoms in total. The molecule has 9 heteroatoms. The lowest BCUT2D eigenvalue weighted by molar-refractivity contribution is 0.0371. The molecule has 2 aliphatic rings. The number of nitrogens with zero attached hydrogens (tertiary/aromatic N) is 5. The first kappa shape index (κ1) is 25.7. The molecule has 0 bridgehead atoms. The molecule has 2 fully saturated rings. The van der Waals surface area contributed by atoms with Crippen LogP contribution in [-0.2, 0) is 11.3 Å². The average Bonchev–Trinajstić information content (AvgIpc) is 2.85. The van der Waals surface area contributed by atoms with E-state index >= 15 is 0 Å². The zero-order chi connectivity index (χ0) is 24.9. The van der Waals surface area contributed by atoms with Crippen molar-refractivity contribution in [1.82, 2.24) is 19.8 Å². The summed E-state index contributed by atoms with van der Waals surface area (Å²) < 4.78 is 5.21. The van der Waals surface area contributed by atoms with Crippen molar-refractivity contribution in [2.75, 3.05) is 43.4 Å². The highest BCUT2D eigenvalue weighted by atomic mass is 35.5. The Kier molecular flexibility index (Phi) is 8.46. The summed E-state index contributed by atoms with van der Waals surface area (Å²) >= 11 is 6.02. The number of anilines is 2. The van der Waals surface area contributed by atoms with Gasteiger partial charge in [0.25, 0.3) is 0 Å². The molecular weight excluding hydrogens is 464 g/mol. The minimum Gasteiger partial charge on any atom is -0.458 e. The number of hydrogen-bond acceptors (Lipinski definition) is 8. The summed E-state index contributed by atoms with van der Waals surface area (Å²) in [6, 6.07) is 9.24. The summed E-state index contributed by atoms with van der Waals surface area (Å²) in [6.45, 7) is 11.8. The molecule has 1 atom stereocenters. The molecule has 3 heterocycles. The predicted molar refractivity (Wildman–Crippen MR) is 140 cm³/mol. The molecule has 4 rings (SSSR count). The lowest BCUT2D eigenvalue weighted by Crippen LogP contribution is -2.58. The molecule has 1 aromatic heterocycles. The number of halogens is 1. The van der Waals surface area contributed by atoms with Crippen LogP contribution in [-0.4, -0.2) is 76.6 Å². The first-order chi connectivity index (χ1) is 16.8. The molecule has 0 aliphatic carbocycles. The third-order valence-electron chi connectivity index (χ3n) is 6.99. The van der Waals surface area contributed by atoms with E-state index in [-0.39, 0.29) is 17.6 Å². The van der Waals surface area contributed by atoms with Gasteiger partial charge in [-0.25, -0.2) is 14.8 Å². The smallest absolute Gasteiger partial charge is 0.361 e. The largest absolute Gasteiger partial charge is 0.458 e. The van der Waals surface area contributed by atoms with Gasteiger partial charge in [-0.3, -0.25) is 9.80 Å². The highest BCUT2D eigenvalue weighted by Crippen LogP contribution is 2.26. The molecular formula is C26H37ClN6O2. The summed E-state index contributed by atoms with van der Waals surface area (Å²) in [6.07, 6.45) is 4.85. The number of aromatic nitrogens is 2. The Morgan fingerprint density at radius 3 is 2.51 bits per heavy atom. The maximum Gasteiger partial charge on any atom is 0.361 e. The van der Waals surface area contributed by atoms with Crippen molar-refractivity contribution in [3.63, 3.8) is 0 Å². The second-order valence-corrected chi connectivity index (χ2v) is 10.2. The number of carbonyl (C=O) groups is 1. The van der Waals surface area contributed by atoms with E-state index in [0.29, 0.717) is 12.1 Å². The van der Waals surface area contributed by atoms with Gasteiger partial charge in [0.1, 0.15) is 5.82 Å². The van der Waals surface area contributed by atoms with Crippen LogP contribution in [0.3, 0.4) is 0 Å². The molecule has 2 aromatic rings. The predicted octanol–water partition coefficient (Wildman–Crippen LogP) is 3.84. The number of piperazine rings is 1. The van der Waals surface area contributed by atoms with Crippen LogP contribution in [0.5, 0.6) is 0 Å². The van der Waals surface area contributed by atoms with Crippen molar-refractivity contribution < 1.29 is 9.53 Å². The number of esters is 1. The van der Waals surface area contributed by atoms with Crippen LogP contribution in [0.2, 0.25) is 5.02 Å². The standard InChI is InChI=1S/C26H37ClN6O2/c1-4-21-17-32(23-15-29-24(25(28)30-23)26(34)35-18(2)3)13-14-33(21)22-9-11-31(12-10-22)16-19-5-7-20(27)8-6-19/h5-8,15,18,21-22H,4,9-14,16-17H2,1-3H3,(H2,28,30)/t21-/m0/s1. The van der Waals surface area contributed by atoms with E-state index in [1.54, 1.807) is 20.0 Å². The van der Waals surface area contributed by atoms with Crippen LogP contribution in [0.25, 0.3) is 0 Å². The van der Waals surface area contributed by atoms with Crippen LogP contribution < -0.4 is 10.6 Å². The van der Waals surface area contributed by atoms with Gasteiger partial charge in [0.2, 0.25) is 0 Å². The van der Waals surface area contributed by atoms with Crippen molar-refractivity contribution >= 4 is 29.2 Å². The van der Waals surface area contributed by atoms with Crippen LogP contribution in [0.4, 0.5) is 11.6 Å². The van der Waals surface area contributed by atoms with Crippen molar-refractivity contribution in [1.29, 1.82) is 0 Å². The first-order valence-electron chi connectivity index (χ1n) is 12.6. The van der Waals surface area contributed by atoms with Gasteiger partial charge < -0.3 is 15.4 Å². The maximum absolute atomic E-state index is 12.2. The van der Waals surface area contributed by atoms with Gasteiger partial charge in [0.05, 0.1) is 12.3 Å². The quantitative estimate of drug-likeness (QED) is 0.574. The van der Waals surface area contributed by atoms with Crippen molar-refractivity contribution in [3.05, 3.63) is 46.7 Å². The third-order valence-corrected chi connectivity index (χ3v) is 7.24.